The molecule has 1 aromatic rings. The van der Waals surface area contributed by atoms with Crippen molar-refractivity contribution in [2.75, 3.05) is 20.7 Å². The first-order valence-corrected chi connectivity index (χ1v) is 5.15. The first-order valence-electron chi connectivity index (χ1n) is 4.77. The summed E-state index contributed by atoms with van der Waals surface area (Å²) in [5.74, 6) is -0.317. The molecule has 0 heterocycles. The van der Waals surface area contributed by atoms with Gasteiger partial charge in [-0.25, -0.2) is 9.18 Å². The van der Waals surface area contributed by atoms with Crippen LogP contribution in [0.25, 0.3) is 0 Å². The maximum atomic E-state index is 13.3. The van der Waals surface area contributed by atoms with E-state index in [0.29, 0.717) is 23.6 Å². The second kappa shape index (κ2) is 5.70. The maximum Gasteiger partial charge on any atom is 0.409 e. The summed E-state index contributed by atoms with van der Waals surface area (Å²) >= 11 is 5.75. The molecule has 0 saturated heterocycles. The molecule has 1 amide bonds. The van der Waals surface area contributed by atoms with Crippen molar-refractivity contribution in [1.82, 2.24) is 4.90 Å². The van der Waals surface area contributed by atoms with Crippen molar-refractivity contribution in [1.29, 1.82) is 0 Å². The van der Waals surface area contributed by atoms with Gasteiger partial charge in [0.25, 0.3) is 0 Å². The van der Waals surface area contributed by atoms with Crippen LogP contribution in [0.15, 0.2) is 18.2 Å². The Labute approximate surface area is 98.8 Å². The number of halogens is 2. The van der Waals surface area contributed by atoms with Gasteiger partial charge in [0, 0.05) is 18.6 Å². The molecule has 0 aromatic heterocycles. The van der Waals surface area contributed by atoms with E-state index in [1.165, 1.54) is 24.1 Å². The molecule has 0 atom stereocenters. The van der Waals surface area contributed by atoms with Gasteiger partial charge in [0.05, 0.1) is 7.11 Å². The summed E-state index contributed by atoms with van der Waals surface area (Å²) in [5, 5.41) is 0.483. The summed E-state index contributed by atoms with van der Waals surface area (Å²) in [6, 6.07) is 4.36. The van der Waals surface area contributed by atoms with Gasteiger partial charge in [-0.2, -0.15) is 0 Å². The smallest absolute Gasteiger partial charge is 0.409 e. The average Bonchev–Trinajstić information content (AvgIpc) is 2.28. The number of hydrogen-bond donors (Lipinski definition) is 0. The second-order valence-corrected chi connectivity index (χ2v) is 3.81. The summed E-state index contributed by atoms with van der Waals surface area (Å²) in [6.07, 6.45) is -0.0414. The van der Waals surface area contributed by atoms with Gasteiger partial charge >= 0.3 is 6.09 Å². The lowest BCUT2D eigenvalue weighted by atomic mass is 10.1. The van der Waals surface area contributed by atoms with Gasteiger partial charge in [-0.15, -0.1) is 0 Å². The van der Waals surface area contributed by atoms with E-state index in [1.807, 2.05) is 0 Å². The minimum absolute atomic E-state index is 0.317. The number of amides is 1. The largest absolute Gasteiger partial charge is 0.453 e. The van der Waals surface area contributed by atoms with Crippen LogP contribution < -0.4 is 0 Å². The van der Waals surface area contributed by atoms with Crippen molar-refractivity contribution < 1.29 is 13.9 Å². The van der Waals surface area contributed by atoms with Crippen LogP contribution >= 0.6 is 11.6 Å². The van der Waals surface area contributed by atoms with Gasteiger partial charge in [0.1, 0.15) is 5.82 Å². The van der Waals surface area contributed by atoms with E-state index in [1.54, 1.807) is 13.1 Å². The Morgan fingerprint density at radius 1 is 1.56 bits per heavy atom. The van der Waals surface area contributed by atoms with E-state index >= 15 is 0 Å². The number of benzene rings is 1. The maximum absolute atomic E-state index is 13.3. The van der Waals surface area contributed by atoms with E-state index in [4.69, 9.17) is 11.6 Å². The molecule has 0 N–H and O–H groups in total. The number of hydrogen-bond acceptors (Lipinski definition) is 2. The van der Waals surface area contributed by atoms with E-state index in [-0.39, 0.29) is 5.82 Å². The summed E-state index contributed by atoms with van der Waals surface area (Å²) in [7, 11) is 2.90. The zero-order chi connectivity index (χ0) is 12.1. The summed E-state index contributed by atoms with van der Waals surface area (Å²) in [4.78, 5) is 12.4. The van der Waals surface area contributed by atoms with Crippen molar-refractivity contribution in [3.8, 4) is 0 Å². The molecular formula is C11H13ClFNO2. The molecule has 0 bridgehead atoms. The lowest BCUT2D eigenvalue weighted by molar-refractivity contribution is 0.133. The third-order valence-electron chi connectivity index (χ3n) is 2.21. The Hall–Kier alpha value is -1.29. The van der Waals surface area contributed by atoms with Crippen molar-refractivity contribution in [2.24, 2.45) is 0 Å². The number of carbonyl (C=O) groups excluding carboxylic acids is 1. The van der Waals surface area contributed by atoms with E-state index < -0.39 is 6.09 Å². The SMILES string of the molecule is COC(=O)N(C)CCc1cc(Cl)ccc1F. The Balaban J connectivity index is 2.60. The highest BCUT2D eigenvalue weighted by Crippen LogP contribution is 2.15. The Bertz CT molecular complexity index is 384. The molecule has 1 rings (SSSR count). The van der Waals surface area contributed by atoms with Crippen LogP contribution in [0.4, 0.5) is 9.18 Å². The highest BCUT2D eigenvalue weighted by molar-refractivity contribution is 6.30. The standard InChI is InChI=1S/C11H13ClFNO2/c1-14(11(15)16-2)6-5-8-7-9(12)3-4-10(8)13/h3-4,7H,5-6H2,1-2H3. The summed E-state index contributed by atoms with van der Waals surface area (Å²) in [5.41, 5.74) is 0.489. The van der Waals surface area contributed by atoms with Crippen molar-refractivity contribution >= 4 is 17.7 Å². The molecule has 88 valence electrons. The molecule has 0 radical (unpaired) electrons. The van der Waals surface area contributed by atoms with Gasteiger partial charge in [-0.05, 0) is 30.2 Å². The number of rotatable bonds is 3. The van der Waals surface area contributed by atoms with Crippen LogP contribution in [0.2, 0.25) is 5.02 Å². The Morgan fingerprint density at radius 2 is 2.25 bits per heavy atom. The number of likely N-dealkylation sites (N-methyl/N-ethyl adjacent to an activating group) is 1. The van der Waals surface area contributed by atoms with Crippen molar-refractivity contribution in [3.63, 3.8) is 0 Å². The predicted molar refractivity (Wildman–Crippen MR) is 60.1 cm³/mol. The highest BCUT2D eigenvalue weighted by atomic mass is 35.5. The molecule has 5 heteroatoms. The fourth-order valence-electron chi connectivity index (χ4n) is 1.27. The van der Waals surface area contributed by atoms with Gasteiger partial charge in [-0.3, -0.25) is 0 Å². The lowest BCUT2D eigenvalue weighted by Crippen LogP contribution is -2.28. The topological polar surface area (TPSA) is 29.5 Å². The minimum atomic E-state index is -0.442. The molecule has 0 aliphatic carbocycles. The van der Waals surface area contributed by atoms with Crippen LogP contribution in [-0.2, 0) is 11.2 Å². The molecule has 0 aliphatic rings. The molecule has 0 unspecified atom stereocenters. The molecule has 0 aliphatic heterocycles. The molecule has 1 aromatic carbocycles. The Morgan fingerprint density at radius 3 is 2.88 bits per heavy atom. The molecule has 3 nitrogen and oxygen atoms in total. The molecular weight excluding hydrogens is 233 g/mol. The predicted octanol–water partition coefficient (Wildman–Crippen LogP) is 2.72. The first-order chi connectivity index (χ1) is 7.54. The van der Waals surface area contributed by atoms with Gasteiger partial charge in [-0.1, -0.05) is 11.6 Å². The number of methoxy groups -OCH3 is 1. The van der Waals surface area contributed by atoms with Crippen LogP contribution in [0.1, 0.15) is 5.56 Å². The molecule has 0 spiro atoms. The quantitative estimate of drug-likeness (QED) is 0.820. The number of ether oxygens (including phenoxy) is 1. The highest BCUT2D eigenvalue weighted by Gasteiger charge is 2.09. The normalized spacial score (nSPS) is 10.0. The van der Waals surface area contributed by atoms with E-state index in [2.05, 4.69) is 4.74 Å². The summed E-state index contributed by atoms with van der Waals surface area (Å²) in [6.45, 7) is 0.379. The van der Waals surface area contributed by atoms with Crippen LogP contribution in [-0.4, -0.2) is 31.7 Å². The third-order valence-corrected chi connectivity index (χ3v) is 2.45. The van der Waals surface area contributed by atoms with E-state index in [0.717, 1.165) is 0 Å². The van der Waals surface area contributed by atoms with E-state index in [9.17, 15) is 9.18 Å². The van der Waals surface area contributed by atoms with Crippen LogP contribution in [0.5, 0.6) is 0 Å². The molecule has 16 heavy (non-hydrogen) atoms. The van der Waals surface area contributed by atoms with Gasteiger partial charge in [0.15, 0.2) is 0 Å². The van der Waals surface area contributed by atoms with Crippen molar-refractivity contribution in [3.05, 3.63) is 34.6 Å². The fourth-order valence-corrected chi connectivity index (χ4v) is 1.46. The van der Waals surface area contributed by atoms with Crippen molar-refractivity contribution in [2.45, 2.75) is 6.42 Å². The number of nitrogens with zero attached hydrogens (tertiary/aromatic N) is 1. The lowest BCUT2D eigenvalue weighted by Gasteiger charge is -2.15. The first kappa shape index (κ1) is 12.8. The zero-order valence-corrected chi connectivity index (χ0v) is 9.92. The van der Waals surface area contributed by atoms with Gasteiger partial charge < -0.3 is 9.64 Å². The fraction of sp³-hybridized carbons (Fsp3) is 0.364. The van der Waals surface area contributed by atoms with Crippen LogP contribution in [0.3, 0.4) is 0 Å². The minimum Gasteiger partial charge on any atom is -0.453 e. The van der Waals surface area contributed by atoms with Crippen LogP contribution in [0, 0.1) is 5.82 Å². The number of carbonyl (C=O) groups is 1. The molecule has 0 saturated carbocycles. The Kier molecular flexibility index (Phi) is 4.55. The monoisotopic (exact) mass is 245 g/mol. The van der Waals surface area contributed by atoms with Gasteiger partial charge in [0.2, 0.25) is 0 Å². The summed E-state index contributed by atoms with van der Waals surface area (Å²) < 4.78 is 17.8. The molecule has 0 fully saturated rings. The average molecular weight is 246 g/mol. The second-order valence-electron chi connectivity index (χ2n) is 3.38. The third kappa shape index (κ3) is 3.38. The zero-order valence-electron chi connectivity index (χ0n) is 9.17.